The first-order chi connectivity index (χ1) is 9.81. The van der Waals surface area contributed by atoms with Crippen molar-refractivity contribution >= 4 is 11.3 Å². The molecule has 0 aliphatic heterocycles. The van der Waals surface area contributed by atoms with Crippen LogP contribution in [0.5, 0.6) is 0 Å². The molecule has 2 aromatic heterocycles. The molecule has 0 bridgehead atoms. The molecule has 4 N–H and O–H groups in total. The molecule has 0 saturated carbocycles. The molecule has 0 aliphatic carbocycles. The molecule has 0 fully saturated rings. The van der Waals surface area contributed by atoms with E-state index in [1.54, 1.807) is 13.8 Å². The Bertz CT molecular complexity index is 714. The number of nitrogens with two attached hydrogens (primary N) is 1. The van der Waals surface area contributed by atoms with Crippen molar-refractivity contribution in [1.82, 2.24) is 15.2 Å². The highest BCUT2D eigenvalue weighted by atomic mass is 15.1. The van der Waals surface area contributed by atoms with Crippen LogP contribution in [0.15, 0.2) is 17.8 Å². The van der Waals surface area contributed by atoms with Gasteiger partial charge in [0.15, 0.2) is 0 Å². The van der Waals surface area contributed by atoms with E-state index < -0.39 is 0 Å². The van der Waals surface area contributed by atoms with E-state index in [0.717, 1.165) is 33.9 Å². The van der Waals surface area contributed by atoms with Gasteiger partial charge in [-0.1, -0.05) is 0 Å². The van der Waals surface area contributed by atoms with Crippen LogP contribution in [-0.4, -0.2) is 20.9 Å². The van der Waals surface area contributed by atoms with Crippen molar-refractivity contribution in [2.45, 2.75) is 34.6 Å². The summed E-state index contributed by atoms with van der Waals surface area (Å²) < 4.78 is 0. The molecule has 2 rings (SSSR count). The SMILES string of the molecule is CC(=N)/C(=C(/C)N)c1cc(C)cc(-c2c(C)n[nH]c2C)n1. The van der Waals surface area contributed by atoms with Gasteiger partial charge in [-0.05, 0) is 52.3 Å². The first kappa shape index (κ1) is 15.0. The summed E-state index contributed by atoms with van der Waals surface area (Å²) in [6.45, 7) is 9.47. The van der Waals surface area contributed by atoms with E-state index in [1.807, 2.05) is 32.9 Å². The number of aryl methyl sites for hydroxylation is 3. The lowest BCUT2D eigenvalue weighted by atomic mass is 10.0. The van der Waals surface area contributed by atoms with Crippen LogP contribution in [0.3, 0.4) is 0 Å². The molecule has 2 heterocycles. The van der Waals surface area contributed by atoms with Gasteiger partial charge in [-0.25, -0.2) is 4.98 Å². The molecule has 0 unspecified atom stereocenters. The summed E-state index contributed by atoms with van der Waals surface area (Å²) in [6.07, 6.45) is 0. The molecule has 110 valence electrons. The third-order valence-electron chi connectivity index (χ3n) is 3.38. The number of hydrogen-bond donors (Lipinski definition) is 3. The number of nitrogens with zero attached hydrogens (tertiary/aromatic N) is 2. The standard InChI is InChI=1S/C16H21N5/c1-8-6-13(15(9(2)17)10(3)18)19-14(7-8)16-11(4)20-21-12(16)5/h6-7,17H,18H2,1-5H3,(H,20,21)/b15-10+,17-9?. The Labute approximate surface area is 124 Å². The topological polar surface area (TPSA) is 91.4 Å². The minimum atomic E-state index is 0.416. The maximum atomic E-state index is 7.92. The highest BCUT2D eigenvalue weighted by Gasteiger charge is 2.15. The van der Waals surface area contributed by atoms with E-state index >= 15 is 0 Å². The van der Waals surface area contributed by atoms with Crippen molar-refractivity contribution in [3.05, 3.63) is 40.5 Å². The van der Waals surface area contributed by atoms with Gasteiger partial charge in [0.05, 0.1) is 17.1 Å². The molecule has 21 heavy (non-hydrogen) atoms. The van der Waals surface area contributed by atoms with Gasteiger partial charge in [-0.15, -0.1) is 0 Å². The van der Waals surface area contributed by atoms with Gasteiger partial charge in [0.1, 0.15) is 0 Å². The summed E-state index contributed by atoms with van der Waals surface area (Å²) in [7, 11) is 0. The maximum absolute atomic E-state index is 7.92. The quantitative estimate of drug-likeness (QED) is 0.756. The molecule has 0 radical (unpaired) electrons. The zero-order valence-corrected chi connectivity index (χ0v) is 13.1. The molecule has 0 aliphatic rings. The zero-order chi connectivity index (χ0) is 15.7. The number of allylic oxidation sites excluding steroid dienone is 2. The number of aromatic nitrogens is 3. The van der Waals surface area contributed by atoms with Gasteiger partial charge in [-0.3, -0.25) is 5.10 Å². The molecule has 5 heteroatoms. The Balaban J connectivity index is 2.69. The van der Waals surface area contributed by atoms with E-state index in [9.17, 15) is 0 Å². The van der Waals surface area contributed by atoms with Crippen LogP contribution < -0.4 is 5.73 Å². The highest BCUT2D eigenvalue weighted by molar-refractivity contribution is 6.21. The molecule has 0 saturated heterocycles. The van der Waals surface area contributed by atoms with Crippen molar-refractivity contribution in [1.29, 1.82) is 5.41 Å². The van der Waals surface area contributed by atoms with Crippen LogP contribution in [0, 0.1) is 26.2 Å². The minimum absolute atomic E-state index is 0.416. The van der Waals surface area contributed by atoms with Gasteiger partial charge in [0.2, 0.25) is 0 Å². The fourth-order valence-electron chi connectivity index (χ4n) is 2.54. The van der Waals surface area contributed by atoms with Crippen LogP contribution in [0.4, 0.5) is 0 Å². The van der Waals surface area contributed by atoms with E-state index in [0.29, 0.717) is 17.0 Å². The van der Waals surface area contributed by atoms with Crippen molar-refractivity contribution in [2.75, 3.05) is 0 Å². The highest BCUT2D eigenvalue weighted by Crippen LogP contribution is 2.27. The summed E-state index contributed by atoms with van der Waals surface area (Å²) in [4.78, 5) is 4.70. The maximum Gasteiger partial charge on any atom is 0.0749 e. The van der Waals surface area contributed by atoms with Gasteiger partial charge in [-0.2, -0.15) is 5.10 Å². The van der Waals surface area contributed by atoms with Crippen LogP contribution in [0.1, 0.15) is 36.5 Å². The minimum Gasteiger partial charge on any atom is -0.402 e. The normalized spacial score (nSPS) is 12.2. The van der Waals surface area contributed by atoms with Gasteiger partial charge in [0, 0.05) is 28.2 Å². The first-order valence-electron chi connectivity index (χ1n) is 6.84. The number of pyridine rings is 1. The molecule has 0 aromatic carbocycles. The number of aromatic amines is 1. The third kappa shape index (κ3) is 2.86. The second-order valence-corrected chi connectivity index (χ2v) is 5.41. The average Bonchev–Trinajstić information content (AvgIpc) is 2.67. The fourth-order valence-corrected chi connectivity index (χ4v) is 2.54. The Morgan fingerprint density at radius 2 is 1.86 bits per heavy atom. The molecule has 0 spiro atoms. The Morgan fingerprint density at radius 1 is 1.19 bits per heavy atom. The summed E-state index contributed by atoms with van der Waals surface area (Å²) in [6, 6.07) is 3.98. The van der Waals surface area contributed by atoms with E-state index in [2.05, 4.69) is 10.2 Å². The van der Waals surface area contributed by atoms with Crippen molar-refractivity contribution in [2.24, 2.45) is 5.73 Å². The van der Waals surface area contributed by atoms with E-state index in [-0.39, 0.29) is 0 Å². The zero-order valence-electron chi connectivity index (χ0n) is 13.1. The number of nitrogens with one attached hydrogen (secondary N) is 2. The van der Waals surface area contributed by atoms with Crippen LogP contribution in [0.2, 0.25) is 0 Å². The second kappa shape index (κ2) is 5.52. The second-order valence-electron chi connectivity index (χ2n) is 5.41. The van der Waals surface area contributed by atoms with Gasteiger partial charge in [0.25, 0.3) is 0 Å². The number of rotatable bonds is 3. The summed E-state index contributed by atoms with van der Waals surface area (Å²) in [5.41, 5.74) is 13.2. The average molecular weight is 283 g/mol. The number of hydrogen-bond acceptors (Lipinski definition) is 4. The lowest BCUT2D eigenvalue weighted by Gasteiger charge is -2.11. The summed E-state index contributed by atoms with van der Waals surface area (Å²) in [5.74, 6) is 0. The lowest BCUT2D eigenvalue weighted by molar-refractivity contribution is 1.02. The van der Waals surface area contributed by atoms with Crippen molar-refractivity contribution in [3.8, 4) is 11.3 Å². The lowest BCUT2D eigenvalue weighted by Crippen LogP contribution is -2.07. The van der Waals surface area contributed by atoms with Crippen molar-refractivity contribution < 1.29 is 0 Å². The van der Waals surface area contributed by atoms with Crippen LogP contribution in [0.25, 0.3) is 16.8 Å². The molecule has 5 nitrogen and oxygen atoms in total. The molecule has 0 amide bonds. The van der Waals surface area contributed by atoms with Gasteiger partial charge < -0.3 is 11.1 Å². The van der Waals surface area contributed by atoms with Gasteiger partial charge >= 0.3 is 0 Å². The third-order valence-corrected chi connectivity index (χ3v) is 3.38. The molecular weight excluding hydrogens is 262 g/mol. The van der Waals surface area contributed by atoms with Crippen LogP contribution in [-0.2, 0) is 0 Å². The largest absolute Gasteiger partial charge is 0.402 e. The predicted octanol–water partition coefficient (Wildman–Crippen LogP) is 3.13. The Kier molecular flexibility index (Phi) is 3.93. The smallest absolute Gasteiger partial charge is 0.0749 e. The molecule has 2 aromatic rings. The predicted molar refractivity (Wildman–Crippen MR) is 86.2 cm³/mol. The van der Waals surface area contributed by atoms with E-state index in [4.69, 9.17) is 16.1 Å². The fraction of sp³-hybridized carbons (Fsp3) is 0.312. The number of H-pyrrole nitrogens is 1. The Morgan fingerprint density at radius 3 is 2.33 bits per heavy atom. The Hall–Kier alpha value is -2.43. The first-order valence-corrected chi connectivity index (χ1v) is 6.84. The summed E-state index contributed by atoms with van der Waals surface area (Å²) >= 11 is 0. The monoisotopic (exact) mass is 283 g/mol. The molecular formula is C16H21N5. The van der Waals surface area contributed by atoms with Crippen LogP contribution >= 0.6 is 0 Å². The van der Waals surface area contributed by atoms with Crippen molar-refractivity contribution in [3.63, 3.8) is 0 Å². The molecule has 0 atom stereocenters. The summed E-state index contributed by atoms with van der Waals surface area (Å²) in [5, 5.41) is 15.1. The van der Waals surface area contributed by atoms with E-state index in [1.165, 1.54) is 0 Å².